The van der Waals surface area contributed by atoms with Crippen molar-refractivity contribution in [3.05, 3.63) is 60.7 Å². The molecule has 0 spiro atoms. The number of ether oxygens (including phenoxy) is 3. The predicted molar refractivity (Wildman–Crippen MR) is 149 cm³/mol. The lowest BCUT2D eigenvalue weighted by Crippen LogP contribution is -2.36. The van der Waals surface area contributed by atoms with Gasteiger partial charge in [-0.3, -0.25) is 0 Å². The van der Waals surface area contributed by atoms with Gasteiger partial charge in [0, 0.05) is 61.4 Å². The van der Waals surface area contributed by atoms with Gasteiger partial charge in [0.1, 0.15) is 5.82 Å². The van der Waals surface area contributed by atoms with E-state index in [0.29, 0.717) is 23.3 Å². The van der Waals surface area contributed by atoms with Crippen molar-refractivity contribution in [2.24, 2.45) is 0 Å². The van der Waals surface area contributed by atoms with Crippen LogP contribution in [0.15, 0.2) is 60.7 Å². The molecule has 0 radical (unpaired) electrons. The summed E-state index contributed by atoms with van der Waals surface area (Å²) in [6.45, 7) is 3.31. The second-order valence-corrected chi connectivity index (χ2v) is 8.96. The van der Waals surface area contributed by atoms with Crippen molar-refractivity contribution in [3.63, 3.8) is 0 Å². The highest BCUT2D eigenvalue weighted by molar-refractivity contribution is 5.94. The molecule has 9 heteroatoms. The largest absolute Gasteiger partial charge is 0.493 e. The van der Waals surface area contributed by atoms with Crippen LogP contribution in [0.1, 0.15) is 0 Å². The first-order valence-corrected chi connectivity index (χ1v) is 12.2. The average molecular weight is 501 g/mol. The summed E-state index contributed by atoms with van der Waals surface area (Å²) < 4.78 is 16.6. The van der Waals surface area contributed by atoms with E-state index in [0.717, 1.165) is 54.3 Å². The fourth-order valence-corrected chi connectivity index (χ4v) is 4.31. The number of nitrogens with zero attached hydrogens (tertiary/aromatic N) is 4. The van der Waals surface area contributed by atoms with E-state index in [-0.39, 0.29) is 0 Å². The van der Waals surface area contributed by atoms with Crippen molar-refractivity contribution in [2.45, 2.75) is 0 Å². The van der Waals surface area contributed by atoms with Gasteiger partial charge in [0.2, 0.25) is 5.95 Å². The maximum atomic E-state index is 5.55. The summed E-state index contributed by atoms with van der Waals surface area (Å²) in [6.07, 6.45) is 0. The number of hydrogen-bond donors (Lipinski definition) is 2. The summed E-state index contributed by atoms with van der Waals surface area (Å²) in [4.78, 5) is 14.0. The van der Waals surface area contributed by atoms with E-state index in [1.54, 1.807) is 14.2 Å². The molecule has 5 rings (SSSR count). The second kappa shape index (κ2) is 10.8. The van der Waals surface area contributed by atoms with E-state index in [1.165, 1.54) is 5.69 Å². The molecule has 3 aromatic carbocycles. The molecule has 0 amide bonds. The number of nitrogens with one attached hydrogen (secondary N) is 2. The molecule has 2 N–H and O–H groups in total. The van der Waals surface area contributed by atoms with Gasteiger partial charge in [-0.1, -0.05) is 6.07 Å². The third-order valence-electron chi connectivity index (χ3n) is 6.33. The molecule has 1 fully saturated rings. The van der Waals surface area contributed by atoms with Gasteiger partial charge >= 0.3 is 0 Å². The summed E-state index contributed by atoms with van der Waals surface area (Å²) in [5.74, 6) is 2.36. The normalized spacial score (nSPS) is 13.4. The number of rotatable bonds is 8. The maximum absolute atomic E-state index is 5.55. The summed E-state index contributed by atoms with van der Waals surface area (Å²) in [7, 11) is 7.26. The van der Waals surface area contributed by atoms with Crippen LogP contribution in [0.4, 0.5) is 34.5 Å². The number of fused-ring (bicyclic) bond motifs is 1. The van der Waals surface area contributed by atoms with E-state index in [9.17, 15) is 0 Å². The Morgan fingerprint density at radius 3 is 2.27 bits per heavy atom. The minimum absolute atomic E-state index is 0.475. The lowest BCUT2D eigenvalue weighted by atomic mass is 10.2. The van der Waals surface area contributed by atoms with Crippen LogP contribution in [0.5, 0.6) is 11.5 Å². The Bertz CT molecular complexity index is 1370. The monoisotopic (exact) mass is 500 g/mol. The molecule has 37 heavy (non-hydrogen) atoms. The van der Waals surface area contributed by atoms with Crippen molar-refractivity contribution < 1.29 is 14.2 Å². The SMILES string of the molecule is COc1cc2nc(Nc3cccc(N(C)C)c3)nc(Nc3ccc(N4CCOCC4)cc3)c2cc1OC. The summed E-state index contributed by atoms with van der Waals surface area (Å²) in [6, 6.07) is 20.2. The first-order chi connectivity index (χ1) is 18.0. The number of hydrogen-bond acceptors (Lipinski definition) is 9. The molecular formula is C28H32N6O3. The lowest BCUT2D eigenvalue weighted by molar-refractivity contribution is 0.122. The van der Waals surface area contributed by atoms with E-state index >= 15 is 0 Å². The van der Waals surface area contributed by atoms with Crippen LogP contribution in [0.25, 0.3) is 10.9 Å². The van der Waals surface area contributed by atoms with E-state index in [2.05, 4.69) is 56.8 Å². The van der Waals surface area contributed by atoms with Crippen molar-refractivity contribution in [2.75, 3.05) is 75.1 Å². The minimum atomic E-state index is 0.475. The van der Waals surface area contributed by atoms with Crippen molar-refractivity contribution >= 4 is 45.4 Å². The number of benzene rings is 3. The van der Waals surface area contributed by atoms with E-state index < -0.39 is 0 Å². The van der Waals surface area contributed by atoms with E-state index in [1.807, 2.05) is 38.4 Å². The highest BCUT2D eigenvalue weighted by Crippen LogP contribution is 2.36. The standard InChI is InChI=1S/C28H32N6O3/c1-33(2)22-7-5-6-20(16-22)30-28-31-24-18-26(36-4)25(35-3)17-23(24)27(32-28)29-19-8-10-21(11-9-19)34-12-14-37-15-13-34/h5-11,16-18H,12-15H2,1-4H3,(H2,29,30,31,32). The minimum Gasteiger partial charge on any atom is -0.493 e. The Balaban J connectivity index is 1.50. The van der Waals surface area contributed by atoms with Crippen molar-refractivity contribution in [1.29, 1.82) is 0 Å². The van der Waals surface area contributed by atoms with Crippen molar-refractivity contribution in [1.82, 2.24) is 9.97 Å². The van der Waals surface area contributed by atoms with Crippen LogP contribution >= 0.6 is 0 Å². The highest BCUT2D eigenvalue weighted by atomic mass is 16.5. The summed E-state index contributed by atoms with van der Waals surface area (Å²) in [5, 5.41) is 7.66. The first-order valence-electron chi connectivity index (χ1n) is 12.2. The Morgan fingerprint density at radius 2 is 1.57 bits per heavy atom. The molecule has 1 saturated heterocycles. The van der Waals surface area contributed by atoms with Crippen LogP contribution in [-0.2, 0) is 4.74 Å². The predicted octanol–water partition coefficient (Wildman–Crippen LogP) is 5.04. The van der Waals surface area contributed by atoms with E-state index in [4.69, 9.17) is 24.2 Å². The highest BCUT2D eigenvalue weighted by Gasteiger charge is 2.15. The van der Waals surface area contributed by atoms with Crippen molar-refractivity contribution in [3.8, 4) is 11.5 Å². The zero-order chi connectivity index (χ0) is 25.8. The summed E-state index contributed by atoms with van der Waals surface area (Å²) >= 11 is 0. The second-order valence-electron chi connectivity index (χ2n) is 8.96. The molecule has 1 aromatic heterocycles. The van der Waals surface area contributed by atoms with Gasteiger partial charge in [0.15, 0.2) is 11.5 Å². The third kappa shape index (κ3) is 5.46. The third-order valence-corrected chi connectivity index (χ3v) is 6.33. The molecule has 9 nitrogen and oxygen atoms in total. The van der Waals surface area contributed by atoms with Crippen LogP contribution in [0, 0.1) is 0 Å². The molecule has 1 aliphatic heterocycles. The van der Waals surface area contributed by atoms with Crippen LogP contribution in [0.3, 0.4) is 0 Å². The Hall–Kier alpha value is -4.24. The van der Waals surface area contributed by atoms with Gasteiger partial charge in [0.25, 0.3) is 0 Å². The first kappa shape index (κ1) is 24.5. The molecule has 1 aliphatic rings. The number of morpholine rings is 1. The number of aromatic nitrogens is 2. The molecular weight excluding hydrogens is 468 g/mol. The van der Waals surface area contributed by atoms with Crippen LogP contribution < -0.4 is 29.9 Å². The van der Waals surface area contributed by atoms with Gasteiger partial charge in [0.05, 0.1) is 33.0 Å². The zero-order valence-corrected chi connectivity index (χ0v) is 21.6. The van der Waals surface area contributed by atoms with Gasteiger partial charge < -0.3 is 34.6 Å². The number of methoxy groups -OCH3 is 2. The summed E-state index contributed by atoms with van der Waals surface area (Å²) in [5.41, 5.74) is 4.80. The van der Waals surface area contributed by atoms with Crippen LogP contribution in [0.2, 0.25) is 0 Å². The molecule has 0 atom stereocenters. The molecule has 2 heterocycles. The van der Waals surface area contributed by atoms with Gasteiger partial charge in [-0.25, -0.2) is 4.98 Å². The van der Waals surface area contributed by atoms with Gasteiger partial charge in [-0.05, 0) is 48.5 Å². The Morgan fingerprint density at radius 1 is 0.838 bits per heavy atom. The maximum Gasteiger partial charge on any atom is 0.229 e. The van der Waals surface area contributed by atoms with Crippen LogP contribution in [-0.4, -0.2) is 64.6 Å². The Labute approximate surface area is 217 Å². The molecule has 192 valence electrons. The lowest BCUT2D eigenvalue weighted by Gasteiger charge is -2.29. The topological polar surface area (TPSA) is 84.0 Å². The van der Waals surface area contributed by atoms with Gasteiger partial charge in [-0.2, -0.15) is 4.98 Å². The Kier molecular flexibility index (Phi) is 7.14. The molecule has 0 unspecified atom stereocenters. The zero-order valence-electron chi connectivity index (χ0n) is 21.6. The molecule has 0 aliphatic carbocycles. The fraction of sp³-hybridized carbons (Fsp3) is 0.286. The molecule has 0 saturated carbocycles. The molecule has 4 aromatic rings. The fourth-order valence-electron chi connectivity index (χ4n) is 4.31. The number of anilines is 6. The average Bonchev–Trinajstić information content (AvgIpc) is 2.93. The smallest absolute Gasteiger partial charge is 0.229 e. The quantitative estimate of drug-likeness (QED) is 0.346. The van der Waals surface area contributed by atoms with Gasteiger partial charge in [-0.15, -0.1) is 0 Å². The molecule has 0 bridgehead atoms.